The number of ether oxygens (including phenoxy) is 2. The predicted molar refractivity (Wildman–Crippen MR) is 112 cm³/mol. The first-order valence-electron chi connectivity index (χ1n) is 8.78. The van der Waals surface area contributed by atoms with Crippen LogP contribution in [0.3, 0.4) is 0 Å². The summed E-state index contributed by atoms with van der Waals surface area (Å²) in [6.07, 6.45) is -3.22. The van der Waals surface area contributed by atoms with Crippen molar-refractivity contribution >= 4 is 35.0 Å². The smallest absolute Gasteiger partial charge is 0.416 e. The Morgan fingerprint density at radius 2 is 2.00 bits per heavy atom. The highest BCUT2D eigenvalue weighted by Crippen LogP contribution is 2.37. The van der Waals surface area contributed by atoms with Gasteiger partial charge >= 0.3 is 12.1 Å². The van der Waals surface area contributed by atoms with Crippen molar-refractivity contribution in [3.63, 3.8) is 0 Å². The van der Waals surface area contributed by atoms with Gasteiger partial charge in [0.1, 0.15) is 18.1 Å². The van der Waals surface area contributed by atoms with Gasteiger partial charge < -0.3 is 9.47 Å². The monoisotopic (exact) mass is 475 g/mol. The van der Waals surface area contributed by atoms with E-state index in [9.17, 15) is 28.1 Å². The lowest BCUT2D eigenvalue weighted by Crippen LogP contribution is -2.11. The third-order valence-corrected chi connectivity index (χ3v) is 5.02. The fourth-order valence-electron chi connectivity index (χ4n) is 2.42. The molecule has 31 heavy (non-hydrogen) atoms. The Hall–Kier alpha value is -2.72. The van der Waals surface area contributed by atoms with Crippen LogP contribution in [0.4, 0.5) is 18.9 Å². The molecule has 2 aromatic rings. The average molecular weight is 476 g/mol. The SMILES string of the molecule is C=CCSCCOC(=O)Cc1cc(Oc2ccc(C(F)(F)F)cc2Cl)ccc1[N+](=O)[O-]. The van der Waals surface area contributed by atoms with Gasteiger partial charge in [-0.2, -0.15) is 24.9 Å². The number of nitrogens with zero attached hydrogens (tertiary/aromatic N) is 1. The molecule has 0 saturated carbocycles. The Kier molecular flexibility index (Phi) is 8.76. The second-order valence-corrected chi connectivity index (χ2v) is 7.61. The first-order chi connectivity index (χ1) is 14.6. The molecule has 0 saturated heterocycles. The summed E-state index contributed by atoms with van der Waals surface area (Å²) in [5.41, 5.74) is -1.22. The molecule has 0 bridgehead atoms. The molecule has 0 fully saturated rings. The highest BCUT2D eigenvalue weighted by Gasteiger charge is 2.31. The third kappa shape index (κ3) is 7.48. The van der Waals surface area contributed by atoms with Crippen molar-refractivity contribution in [2.45, 2.75) is 12.6 Å². The minimum Gasteiger partial charge on any atom is -0.465 e. The number of nitro benzene ring substituents is 1. The lowest BCUT2D eigenvalue weighted by atomic mass is 10.1. The Morgan fingerprint density at radius 1 is 1.26 bits per heavy atom. The fraction of sp³-hybridized carbons (Fsp3) is 0.250. The van der Waals surface area contributed by atoms with E-state index in [0.29, 0.717) is 17.6 Å². The summed E-state index contributed by atoms with van der Waals surface area (Å²) in [5.74, 6) is 0.588. The Labute approximate surface area is 185 Å². The molecule has 0 spiro atoms. The third-order valence-electron chi connectivity index (χ3n) is 3.80. The van der Waals surface area contributed by atoms with Crippen LogP contribution in [0.1, 0.15) is 11.1 Å². The first kappa shape index (κ1) is 24.5. The molecule has 0 aliphatic rings. The number of carbonyl (C=O) groups is 1. The van der Waals surface area contributed by atoms with Gasteiger partial charge in [0, 0.05) is 23.1 Å². The number of benzene rings is 2. The van der Waals surface area contributed by atoms with Crippen LogP contribution < -0.4 is 4.74 Å². The van der Waals surface area contributed by atoms with Crippen molar-refractivity contribution in [3.05, 3.63) is 75.3 Å². The quantitative estimate of drug-likeness (QED) is 0.136. The van der Waals surface area contributed by atoms with E-state index in [0.717, 1.165) is 18.2 Å². The average Bonchev–Trinajstić information content (AvgIpc) is 2.68. The Morgan fingerprint density at radius 3 is 2.61 bits per heavy atom. The van der Waals surface area contributed by atoms with Crippen LogP contribution in [0.2, 0.25) is 5.02 Å². The maximum atomic E-state index is 12.8. The van der Waals surface area contributed by atoms with Crippen molar-refractivity contribution in [2.75, 3.05) is 18.1 Å². The number of thioether (sulfide) groups is 1. The molecule has 0 amide bonds. The largest absolute Gasteiger partial charge is 0.465 e. The van der Waals surface area contributed by atoms with Crippen LogP contribution in [0.15, 0.2) is 49.1 Å². The van der Waals surface area contributed by atoms with E-state index in [2.05, 4.69) is 6.58 Å². The fourth-order valence-corrected chi connectivity index (χ4v) is 3.17. The molecule has 0 atom stereocenters. The Bertz CT molecular complexity index is 968. The zero-order chi connectivity index (χ0) is 23.0. The van der Waals surface area contributed by atoms with Crippen molar-refractivity contribution in [1.29, 1.82) is 0 Å². The van der Waals surface area contributed by atoms with E-state index in [1.54, 1.807) is 6.08 Å². The molecule has 0 unspecified atom stereocenters. The molecule has 11 heteroatoms. The lowest BCUT2D eigenvalue weighted by molar-refractivity contribution is -0.385. The molecule has 0 radical (unpaired) electrons. The highest BCUT2D eigenvalue weighted by atomic mass is 35.5. The van der Waals surface area contributed by atoms with Gasteiger partial charge in [0.15, 0.2) is 0 Å². The van der Waals surface area contributed by atoms with E-state index in [1.165, 1.54) is 23.9 Å². The molecule has 166 valence electrons. The molecule has 0 aliphatic carbocycles. The number of alkyl halides is 3. The molecule has 2 rings (SSSR count). The summed E-state index contributed by atoms with van der Waals surface area (Å²) in [7, 11) is 0. The van der Waals surface area contributed by atoms with Gasteiger partial charge in [0.25, 0.3) is 5.69 Å². The van der Waals surface area contributed by atoms with Crippen LogP contribution in [0.25, 0.3) is 0 Å². The molecule has 0 heterocycles. The number of hydrogen-bond acceptors (Lipinski definition) is 6. The maximum absolute atomic E-state index is 12.8. The first-order valence-corrected chi connectivity index (χ1v) is 10.3. The predicted octanol–water partition coefficient (Wildman–Crippen LogP) is 6.06. The zero-order valence-electron chi connectivity index (χ0n) is 16.0. The molecular formula is C20H17ClF3NO5S. The molecular weight excluding hydrogens is 459 g/mol. The second-order valence-electron chi connectivity index (χ2n) is 6.05. The normalized spacial score (nSPS) is 11.1. The van der Waals surface area contributed by atoms with Crippen molar-refractivity contribution in [3.8, 4) is 11.5 Å². The molecule has 0 aromatic heterocycles. The van der Waals surface area contributed by atoms with E-state index in [-0.39, 0.29) is 40.8 Å². The number of carbonyl (C=O) groups excluding carboxylic acids is 1. The van der Waals surface area contributed by atoms with Gasteiger partial charge in [-0.15, -0.1) is 6.58 Å². The summed E-state index contributed by atoms with van der Waals surface area (Å²) in [4.78, 5) is 22.6. The second kappa shape index (κ2) is 11.1. The lowest BCUT2D eigenvalue weighted by Gasteiger charge is -2.12. The Balaban J connectivity index is 2.15. The van der Waals surface area contributed by atoms with E-state index >= 15 is 0 Å². The summed E-state index contributed by atoms with van der Waals surface area (Å²) in [6.45, 7) is 3.71. The standard InChI is InChI=1S/C20H17ClF3NO5S/c1-2-8-31-9-7-29-19(26)11-13-10-15(4-5-17(13)25(27)28)30-18-6-3-14(12-16(18)21)20(22,23)24/h2-6,10,12H,1,7-9,11H2. The number of hydrogen-bond donors (Lipinski definition) is 0. The zero-order valence-corrected chi connectivity index (χ0v) is 17.6. The minimum atomic E-state index is -4.56. The number of rotatable bonds is 10. The summed E-state index contributed by atoms with van der Waals surface area (Å²) in [5, 5.41) is 11.0. The maximum Gasteiger partial charge on any atom is 0.416 e. The van der Waals surface area contributed by atoms with Crippen molar-refractivity contribution < 1.29 is 32.4 Å². The van der Waals surface area contributed by atoms with Crippen LogP contribution >= 0.6 is 23.4 Å². The molecule has 0 aliphatic heterocycles. The highest BCUT2D eigenvalue weighted by molar-refractivity contribution is 7.99. The van der Waals surface area contributed by atoms with Gasteiger partial charge in [-0.25, -0.2) is 0 Å². The van der Waals surface area contributed by atoms with Gasteiger partial charge in [-0.1, -0.05) is 17.7 Å². The number of halogens is 4. The van der Waals surface area contributed by atoms with Crippen LogP contribution in [-0.4, -0.2) is 29.0 Å². The van der Waals surface area contributed by atoms with Crippen molar-refractivity contribution in [2.24, 2.45) is 0 Å². The van der Waals surface area contributed by atoms with Crippen molar-refractivity contribution in [1.82, 2.24) is 0 Å². The molecule has 6 nitrogen and oxygen atoms in total. The van der Waals surface area contributed by atoms with Crippen LogP contribution in [0.5, 0.6) is 11.5 Å². The van der Waals surface area contributed by atoms with Crippen LogP contribution in [-0.2, 0) is 22.1 Å². The van der Waals surface area contributed by atoms with Crippen LogP contribution in [0, 0.1) is 10.1 Å². The van der Waals surface area contributed by atoms with E-state index in [4.69, 9.17) is 21.1 Å². The van der Waals surface area contributed by atoms with Gasteiger partial charge in [0.2, 0.25) is 0 Å². The number of esters is 1. The number of nitro groups is 1. The van der Waals surface area contributed by atoms with E-state index < -0.39 is 22.6 Å². The minimum absolute atomic E-state index is 0.0364. The summed E-state index contributed by atoms with van der Waals surface area (Å²) < 4.78 is 48.8. The summed E-state index contributed by atoms with van der Waals surface area (Å²) >= 11 is 7.38. The van der Waals surface area contributed by atoms with Gasteiger partial charge in [-0.3, -0.25) is 14.9 Å². The van der Waals surface area contributed by atoms with E-state index in [1.807, 2.05) is 0 Å². The van der Waals surface area contributed by atoms with Gasteiger partial charge in [-0.05, 0) is 30.3 Å². The topological polar surface area (TPSA) is 78.7 Å². The molecule has 0 N–H and O–H groups in total. The summed E-state index contributed by atoms with van der Waals surface area (Å²) in [6, 6.07) is 6.20. The molecule has 2 aromatic carbocycles. The van der Waals surface area contributed by atoms with Gasteiger partial charge in [0.05, 0.1) is 21.9 Å².